The fourth-order valence-electron chi connectivity index (χ4n) is 3.84. The van der Waals surface area contributed by atoms with Crippen molar-refractivity contribution in [2.45, 2.75) is 38.5 Å². The highest BCUT2D eigenvalue weighted by molar-refractivity contribution is 5.79. The van der Waals surface area contributed by atoms with Crippen molar-refractivity contribution < 1.29 is 9.59 Å². The lowest BCUT2D eigenvalue weighted by Crippen LogP contribution is -2.52. The van der Waals surface area contributed by atoms with Crippen LogP contribution in [0.25, 0.3) is 0 Å². The molecule has 2 aliphatic heterocycles. The van der Waals surface area contributed by atoms with E-state index in [0.29, 0.717) is 24.2 Å². The number of rotatable bonds is 7. The fraction of sp³-hybridized carbons (Fsp3) is 0.889. The summed E-state index contributed by atoms with van der Waals surface area (Å²) in [6, 6.07) is 0. The summed E-state index contributed by atoms with van der Waals surface area (Å²) in [7, 11) is 0. The van der Waals surface area contributed by atoms with E-state index in [1.807, 2.05) is 4.90 Å². The highest BCUT2D eigenvalue weighted by Gasteiger charge is 2.31. The second kappa shape index (κ2) is 8.81. The Morgan fingerprint density at radius 3 is 2.50 bits per heavy atom. The molecule has 24 heavy (non-hydrogen) atoms. The molecule has 0 aromatic rings. The summed E-state index contributed by atoms with van der Waals surface area (Å²) < 4.78 is 0. The molecule has 3 fully saturated rings. The van der Waals surface area contributed by atoms with Crippen molar-refractivity contribution >= 4 is 11.8 Å². The van der Waals surface area contributed by atoms with Gasteiger partial charge in [-0.05, 0) is 44.7 Å². The first kappa shape index (κ1) is 17.7. The number of amides is 2. The SMILES string of the molecule is O=C(CCC1CCNC1)NCCN1CCN(C(=O)C2CCC2)CC1. The zero-order chi connectivity index (χ0) is 16.8. The quantitative estimate of drug-likeness (QED) is 0.708. The molecule has 1 saturated carbocycles. The molecule has 6 nitrogen and oxygen atoms in total. The molecular weight excluding hydrogens is 304 g/mol. The first-order valence-electron chi connectivity index (χ1n) is 9.71. The molecule has 2 amide bonds. The smallest absolute Gasteiger partial charge is 0.225 e. The topological polar surface area (TPSA) is 64.7 Å². The molecular formula is C18H32N4O2. The zero-order valence-corrected chi connectivity index (χ0v) is 14.8. The molecule has 2 saturated heterocycles. The Morgan fingerprint density at radius 2 is 1.88 bits per heavy atom. The summed E-state index contributed by atoms with van der Waals surface area (Å²) in [5, 5.41) is 6.38. The van der Waals surface area contributed by atoms with Crippen molar-refractivity contribution in [1.29, 1.82) is 0 Å². The Morgan fingerprint density at radius 1 is 1.08 bits per heavy atom. The van der Waals surface area contributed by atoms with Gasteiger partial charge in [-0.1, -0.05) is 6.42 Å². The molecule has 1 aliphatic carbocycles. The highest BCUT2D eigenvalue weighted by atomic mass is 16.2. The lowest BCUT2D eigenvalue weighted by Gasteiger charge is -2.38. The Labute approximate surface area is 145 Å². The van der Waals surface area contributed by atoms with E-state index in [9.17, 15) is 9.59 Å². The minimum Gasteiger partial charge on any atom is -0.355 e. The maximum atomic E-state index is 12.2. The van der Waals surface area contributed by atoms with Crippen molar-refractivity contribution in [3.63, 3.8) is 0 Å². The number of piperazine rings is 1. The van der Waals surface area contributed by atoms with E-state index < -0.39 is 0 Å². The standard InChI is InChI=1S/C18H32N4O2/c23-17(5-4-15-6-7-19-14-15)20-8-9-21-10-12-22(13-11-21)18(24)16-2-1-3-16/h15-16,19H,1-14H2,(H,20,23). The van der Waals surface area contributed by atoms with Gasteiger partial charge in [0.25, 0.3) is 0 Å². The van der Waals surface area contributed by atoms with Crippen molar-refractivity contribution in [3.8, 4) is 0 Å². The monoisotopic (exact) mass is 336 g/mol. The third-order valence-corrected chi connectivity index (χ3v) is 5.83. The maximum absolute atomic E-state index is 12.2. The predicted molar refractivity (Wildman–Crippen MR) is 93.6 cm³/mol. The molecule has 2 N–H and O–H groups in total. The lowest BCUT2D eigenvalue weighted by atomic mass is 9.84. The largest absolute Gasteiger partial charge is 0.355 e. The van der Waals surface area contributed by atoms with E-state index in [1.165, 1.54) is 12.8 Å². The van der Waals surface area contributed by atoms with Gasteiger partial charge < -0.3 is 15.5 Å². The van der Waals surface area contributed by atoms with E-state index >= 15 is 0 Å². The fourth-order valence-corrected chi connectivity index (χ4v) is 3.84. The molecule has 6 heteroatoms. The normalized spacial score (nSPS) is 25.5. The van der Waals surface area contributed by atoms with Crippen LogP contribution in [0.15, 0.2) is 0 Å². The lowest BCUT2D eigenvalue weighted by molar-refractivity contribution is -0.139. The summed E-state index contributed by atoms with van der Waals surface area (Å²) in [5.41, 5.74) is 0. The van der Waals surface area contributed by atoms with Crippen LogP contribution in [0.5, 0.6) is 0 Å². The van der Waals surface area contributed by atoms with Crippen molar-refractivity contribution in [2.75, 3.05) is 52.4 Å². The van der Waals surface area contributed by atoms with Gasteiger partial charge in [-0.2, -0.15) is 0 Å². The maximum Gasteiger partial charge on any atom is 0.225 e. The molecule has 0 aromatic carbocycles. The van der Waals surface area contributed by atoms with Gasteiger partial charge in [0.1, 0.15) is 0 Å². The first-order valence-corrected chi connectivity index (χ1v) is 9.71. The second-order valence-electron chi connectivity index (χ2n) is 7.54. The van der Waals surface area contributed by atoms with Gasteiger partial charge in [-0.25, -0.2) is 0 Å². The minimum absolute atomic E-state index is 0.181. The van der Waals surface area contributed by atoms with E-state index in [2.05, 4.69) is 15.5 Å². The molecule has 1 atom stereocenters. The Kier molecular flexibility index (Phi) is 6.49. The summed E-state index contributed by atoms with van der Waals surface area (Å²) in [5.74, 6) is 1.54. The number of nitrogens with zero attached hydrogens (tertiary/aromatic N) is 2. The van der Waals surface area contributed by atoms with Crippen LogP contribution in [0.3, 0.4) is 0 Å². The summed E-state index contributed by atoms with van der Waals surface area (Å²) in [6.07, 6.45) is 6.24. The van der Waals surface area contributed by atoms with Crippen LogP contribution in [0, 0.1) is 11.8 Å². The summed E-state index contributed by atoms with van der Waals surface area (Å²) in [4.78, 5) is 28.5. The van der Waals surface area contributed by atoms with E-state index in [1.54, 1.807) is 0 Å². The van der Waals surface area contributed by atoms with Crippen LogP contribution in [0.4, 0.5) is 0 Å². The molecule has 0 radical (unpaired) electrons. The Bertz CT molecular complexity index is 425. The summed E-state index contributed by atoms with van der Waals surface area (Å²) >= 11 is 0. The van der Waals surface area contributed by atoms with E-state index in [0.717, 1.165) is 71.6 Å². The van der Waals surface area contributed by atoms with Crippen molar-refractivity contribution in [1.82, 2.24) is 20.4 Å². The predicted octanol–water partition coefficient (Wildman–Crippen LogP) is 0.437. The van der Waals surface area contributed by atoms with Crippen LogP contribution in [0.2, 0.25) is 0 Å². The molecule has 1 unspecified atom stereocenters. The molecule has 3 rings (SSSR count). The highest BCUT2D eigenvalue weighted by Crippen LogP contribution is 2.28. The zero-order valence-electron chi connectivity index (χ0n) is 14.8. The molecule has 0 aromatic heterocycles. The average Bonchev–Trinajstić information content (AvgIpc) is 3.05. The molecule has 2 heterocycles. The Balaban J connectivity index is 1.23. The molecule has 0 spiro atoms. The average molecular weight is 336 g/mol. The van der Waals surface area contributed by atoms with E-state index in [-0.39, 0.29) is 5.91 Å². The van der Waals surface area contributed by atoms with Crippen molar-refractivity contribution in [2.24, 2.45) is 11.8 Å². The van der Waals surface area contributed by atoms with Gasteiger partial charge in [0.05, 0.1) is 0 Å². The number of carbonyl (C=O) groups excluding carboxylic acids is 2. The van der Waals surface area contributed by atoms with Crippen LogP contribution in [-0.4, -0.2) is 74.0 Å². The third-order valence-electron chi connectivity index (χ3n) is 5.83. The summed E-state index contributed by atoms with van der Waals surface area (Å²) in [6.45, 7) is 7.33. The molecule has 0 bridgehead atoms. The number of hydrogen-bond acceptors (Lipinski definition) is 4. The van der Waals surface area contributed by atoms with Crippen LogP contribution < -0.4 is 10.6 Å². The van der Waals surface area contributed by atoms with Crippen LogP contribution >= 0.6 is 0 Å². The number of hydrogen-bond donors (Lipinski definition) is 2. The Hall–Kier alpha value is -1.14. The second-order valence-corrected chi connectivity index (χ2v) is 7.54. The first-order chi connectivity index (χ1) is 11.7. The van der Waals surface area contributed by atoms with Gasteiger partial charge in [0, 0.05) is 51.6 Å². The van der Waals surface area contributed by atoms with Gasteiger partial charge in [0.15, 0.2) is 0 Å². The third kappa shape index (κ3) is 4.93. The van der Waals surface area contributed by atoms with Crippen LogP contribution in [-0.2, 0) is 9.59 Å². The van der Waals surface area contributed by atoms with Gasteiger partial charge in [0.2, 0.25) is 11.8 Å². The van der Waals surface area contributed by atoms with Gasteiger partial charge >= 0.3 is 0 Å². The minimum atomic E-state index is 0.181. The van der Waals surface area contributed by atoms with Gasteiger partial charge in [-0.15, -0.1) is 0 Å². The molecule has 136 valence electrons. The van der Waals surface area contributed by atoms with Crippen molar-refractivity contribution in [3.05, 3.63) is 0 Å². The van der Waals surface area contributed by atoms with Gasteiger partial charge in [-0.3, -0.25) is 14.5 Å². The van der Waals surface area contributed by atoms with Crippen LogP contribution in [0.1, 0.15) is 38.5 Å². The van der Waals surface area contributed by atoms with E-state index in [4.69, 9.17) is 0 Å². The number of carbonyl (C=O) groups is 2. The number of nitrogens with one attached hydrogen (secondary N) is 2. The molecule has 3 aliphatic rings.